The number of hydrogen-bond donors (Lipinski definition) is 1. The van der Waals surface area contributed by atoms with Gasteiger partial charge in [0.15, 0.2) is 14.6 Å². The molecule has 0 radical (unpaired) electrons. The van der Waals surface area contributed by atoms with Crippen LogP contribution in [-0.2, 0) is 20.4 Å². The molecule has 0 saturated carbocycles. The Bertz CT molecular complexity index is 698. The molecular weight excluding hydrogens is 268 g/mol. The summed E-state index contributed by atoms with van der Waals surface area (Å²) in [6, 6.07) is 5.34. The zero-order valence-electron chi connectivity index (χ0n) is 10.6. The quantitative estimate of drug-likeness (QED) is 0.907. The maximum Gasteiger partial charge on any atom is 0.324 e. The SMILES string of the molecule is CC(C)(C(=O)O)S(=O)(=O)Cc1cn2ccccc2n1. The summed E-state index contributed by atoms with van der Waals surface area (Å²) >= 11 is 0. The molecule has 0 spiro atoms. The second-order valence-electron chi connectivity index (χ2n) is 4.77. The summed E-state index contributed by atoms with van der Waals surface area (Å²) in [6.07, 6.45) is 3.34. The van der Waals surface area contributed by atoms with E-state index in [9.17, 15) is 13.2 Å². The van der Waals surface area contributed by atoms with Crippen LogP contribution < -0.4 is 0 Å². The second kappa shape index (κ2) is 4.34. The average molecular weight is 282 g/mol. The smallest absolute Gasteiger partial charge is 0.324 e. The summed E-state index contributed by atoms with van der Waals surface area (Å²) in [5.74, 6) is -1.76. The predicted octanol–water partition coefficient (Wildman–Crippen LogP) is 1.11. The highest BCUT2D eigenvalue weighted by atomic mass is 32.2. The van der Waals surface area contributed by atoms with E-state index >= 15 is 0 Å². The van der Waals surface area contributed by atoms with Gasteiger partial charge in [0.05, 0.1) is 11.4 Å². The molecule has 2 heterocycles. The molecule has 102 valence electrons. The molecule has 0 amide bonds. The Morgan fingerprint density at radius 1 is 1.42 bits per heavy atom. The third kappa shape index (κ3) is 2.33. The zero-order valence-corrected chi connectivity index (χ0v) is 11.4. The fraction of sp³-hybridized carbons (Fsp3) is 0.333. The number of rotatable bonds is 4. The first-order chi connectivity index (χ1) is 8.74. The number of nitrogens with zero attached hydrogens (tertiary/aromatic N) is 2. The van der Waals surface area contributed by atoms with Gasteiger partial charge in [0.2, 0.25) is 0 Å². The first-order valence-electron chi connectivity index (χ1n) is 5.62. The van der Waals surface area contributed by atoms with Gasteiger partial charge in [-0.3, -0.25) is 4.79 Å². The zero-order chi connectivity index (χ0) is 14.3. The number of fused-ring (bicyclic) bond motifs is 1. The lowest BCUT2D eigenvalue weighted by Crippen LogP contribution is -2.41. The van der Waals surface area contributed by atoms with Gasteiger partial charge in [0.1, 0.15) is 5.65 Å². The van der Waals surface area contributed by atoms with Crippen molar-refractivity contribution in [2.75, 3.05) is 0 Å². The van der Waals surface area contributed by atoms with E-state index in [1.54, 1.807) is 35.0 Å². The number of carboxylic acid groups (broad SMARTS) is 1. The molecule has 0 atom stereocenters. The van der Waals surface area contributed by atoms with E-state index < -0.39 is 26.3 Å². The van der Waals surface area contributed by atoms with Gasteiger partial charge < -0.3 is 9.51 Å². The maximum absolute atomic E-state index is 12.1. The van der Waals surface area contributed by atoms with Crippen LogP contribution in [0.2, 0.25) is 0 Å². The molecule has 7 heteroatoms. The summed E-state index contributed by atoms with van der Waals surface area (Å²) in [7, 11) is -3.84. The summed E-state index contributed by atoms with van der Waals surface area (Å²) in [5.41, 5.74) is 0.960. The molecule has 2 rings (SSSR count). The Morgan fingerprint density at radius 2 is 2.11 bits per heavy atom. The van der Waals surface area contributed by atoms with Crippen molar-refractivity contribution in [1.29, 1.82) is 0 Å². The van der Waals surface area contributed by atoms with Crippen molar-refractivity contribution in [2.24, 2.45) is 0 Å². The van der Waals surface area contributed by atoms with Crippen molar-refractivity contribution < 1.29 is 18.3 Å². The summed E-state index contributed by atoms with van der Waals surface area (Å²) < 4.78 is 24.1. The molecule has 0 unspecified atom stereocenters. The molecule has 1 N–H and O–H groups in total. The van der Waals surface area contributed by atoms with E-state index in [1.165, 1.54) is 13.8 Å². The molecule has 0 fully saturated rings. The maximum atomic E-state index is 12.1. The standard InChI is InChI=1S/C12H14N2O4S/c1-12(2,11(15)16)19(17,18)8-9-7-14-6-4-3-5-10(14)13-9/h3-7H,8H2,1-2H3,(H,15,16). The molecular formula is C12H14N2O4S. The summed E-state index contributed by atoms with van der Waals surface area (Å²) in [5, 5.41) is 8.99. The van der Waals surface area contributed by atoms with Crippen LogP contribution in [0.4, 0.5) is 0 Å². The van der Waals surface area contributed by atoms with E-state index in [-0.39, 0.29) is 0 Å². The van der Waals surface area contributed by atoms with Crippen molar-refractivity contribution in [3.63, 3.8) is 0 Å². The first-order valence-corrected chi connectivity index (χ1v) is 7.27. The Morgan fingerprint density at radius 3 is 2.68 bits per heavy atom. The first kappa shape index (κ1) is 13.5. The molecule has 2 aromatic rings. The number of hydrogen-bond acceptors (Lipinski definition) is 4. The summed E-state index contributed by atoms with van der Waals surface area (Å²) in [4.78, 5) is 15.2. The van der Waals surface area contributed by atoms with Crippen LogP contribution in [0.1, 0.15) is 19.5 Å². The Hall–Kier alpha value is -1.89. The third-order valence-electron chi connectivity index (χ3n) is 3.04. The van der Waals surface area contributed by atoms with E-state index in [1.807, 2.05) is 0 Å². The number of imidazole rings is 1. The van der Waals surface area contributed by atoms with Crippen molar-refractivity contribution in [2.45, 2.75) is 24.3 Å². The van der Waals surface area contributed by atoms with Crippen LogP contribution >= 0.6 is 0 Å². The van der Waals surface area contributed by atoms with Crippen LogP contribution in [0.25, 0.3) is 5.65 Å². The van der Waals surface area contributed by atoms with Gasteiger partial charge in [-0.15, -0.1) is 0 Å². The van der Waals surface area contributed by atoms with Gasteiger partial charge in [0.25, 0.3) is 0 Å². The minimum atomic E-state index is -3.84. The molecule has 0 aliphatic heterocycles. The predicted molar refractivity (Wildman–Crippen MR) is 69.5 cm³/mol. The number of carbonyl (C=O) groups is 1. The van der Waals surface area contributed by atoms with Crippen LogP contribution in [0.15, 0.2) is 30.6 Å². The third-order valence-corrected chi connectivity index (χ3v) is 5.45. The van der Waals surface area contributed by atoms with Crippen molar-refractivity contribution in [3.05, 3.63) is 36.3 Å². The van der Waals surface area contributed by atoms with Crippen LogP contribution in [-0.4, -0.2) is 33.6 Å². The fourth-order valence-corrected chi connectivity index (χ4v) is 2.72. The lowest BCUT2D eigenvalue weighted by Gasteiger charge is -2.18. The van der Waals surface area contributed by atoms with Crippen molar-refractivity contribution >= 4 is 21.5 Å². The van der Waals surface area contributed by atoms with Crippen molar-refractivity contribution in [3.8, 4) is 0 Å². The molecule has 0 saturated heterocycles. The van der Waals surface area contributed by atoms with E-state index in [4.69, 9.17) is 5.11 Å². The minimum absolute atomic E-state index is 0.334. The van der Waals surface area contributed by atoms with Gasteiger partial charge in [-0.25, -0.2) is 13.4 Å². The van der Waals surface area contributed by atoms with Crippen molar-refractivity contribution in [1.82, 2.24) is 9.38 Å². The number of pyridine rings is 1. The number of aliphatic carboxylic acids is 1. The topological polar surface area (TPSA) is 88.7 Å². The van der Waals surface area contributed by atoms with Gasteiger partial charge in [-0.05, 0) is 26.0 Å². The van der Waals surface area contributed by atoms with Crippen LogP contribution in [0, 0.1) is 0 Å². The Labute approximate surface area is 110 Å². The monoisotopic (exact) mass is 282 g/mol. The number of carboxylic acids is 1. The lowest BCUT2D eigenvalue weighted by atomic mass is 10.2. The highest BCUT2D eigenvalue weighted by Crippen LogP contribution is 2.21. The fourth-order valence-electron chi connectivity index (χ4n) is 1.56. The van der Waals surface area contributed by atoms with E-state index in [2.05, 4.69) is 4.98 Å². The normalized spacial score (nSPS) is 12.7. The molecule has 0 aromatic carbocycles. The average Bonchev–Trinajstić information content (AvgIpc) is 2.69. The van der Waals surface area contributed by atoms with Crippen LogP contribution in [0.5, 0.6) is 0 Å². The lowest BCUT2D eigenvalue weighted by molar-refractivity contribution is -0.139. The molecule has 0 aliphatic rings. The van der Waals surface area contributed by atoms with Gasteiger partial charge in [-0.1, -0.05) is 6.07 Å². The highest BCUT2D eigenvalue weighted by Gasteiger charge is 2.42. The Balaban J connectivity index is 2.37. The van der Waals surface area contributed by atoms with E-state index in [0.29, 0.717) is 11.3 Å². The molecule has 0 aliphatic carbocycles. The molecule has 19 heavy (non-hydrogen) atoms. The molecule has 0 bridgehead atoms. The minimum Gasteiger partial charge on any atom is -0.480 e. The largest absolute Gasteiger partial charge is 0.480 e. The number of sulfone groups is 1. The highest BCUT2D eigenvalue weighted by molar-refractivity contribution is 7.92. The summed E-state index contributed by atoms with van der Waals surface area (Å²) in [6.45, 7) is 2.36. The van der Waals surface area contributed by atoms with Gasteiger partial charge >= 0.3 is 5.97 Å². The van der Waals surface area contributed by atoms with E-state index in [0.717, 1.165) is 0 Å². The van der Waals surface area contributed by atoms with Gasteiger partial charge in [-0.2, -0.15) is 0 Å². The second-order valence-corrected chi connectivity index (χ2v) is 7.31. The number of aromatic nitrogens is 2. The Kier molecular flexibility index (Phi) is 3.09. The molecule has 2 aromatic heterocycles. The van der Waals surface area contributed by atoms with Crippen LogP contribution in [0.3, 0.4) is 0 Å². The molecule has 6 nitrogen and oxygen atoms in total. The van der Waals surface area contributed by atoms with Gasteiger partial charge in [0, 0.05) is 12.4 Å².